The number of fused-ring (bicyclic) bond motifs is 2. The molecule has 3 aromatic rings. The maximum Gasteiger partial charge on any atom is 0.303 e. The molecule has 1 N–H and O–H groups in total. The van der Waals surface area contributed by atoms with Crippen LogP contribution in [-0.4, -0.2) is 51.7 Å². The lowest BCUT2D eigenvalue weighted by atomic mass is 10.1. The molecule has 1 saturated heterocycles. The molecule has 0 spiro atoms. The van der Waals surface area contributed by atoms with Crippen molar-refractivity contribution in [2.75, 3.05) is 19.8 Å². The van der Waals surface area contributed by atoms with Gasteiger partial charge in [-0.15, -0.1) is 0 Å². The Balaban J connectivity index is 1.35. The normalized spacial score (nSPS) is 16.3. The summed E-state index contributed by atoms with van der Waals surface area (Å²) in [6.45, 7) is 1.17. The summed E-state index contributed by atoms with van der Waals surface area (Å²) in [4.78, 5) is 38.4. The molecule has 0 radical (unpaired) electrons. The first-order valence-electron chi connectivity index (χ1n) is 10.8. The second kappa shape index (κ2) is 9.55. The zero-order chi connectivity index (χ0) is 24.5. The number of thiocarbonyl (C=S) groups is 1. The van der Waals surface area contributed by atoms with E-state index >= 15 is 0 Å². The first kappa shape index (κ1) is 23.1. The Bertz CT molecular complexity index is 1410. The predicted octanol–water partition coefficient (Wildman–Crippen LogP) is 4.50. The van der Waals surface area contributed by atoms with Gasteiger partial charge in [0.1, 0.15) is 23.1 Å². The smallest absolute Gasteiger partial charge is 0.303 e. The zero-order valence-electron chi connectivity index (χ0n) is 18.3. The van der Waals surface area contributed by atoms with Gasteiger partial charge in [-0.25, -0.2) is 0 Å². The standard InChI is InChI=1S/C25H19NO7S2/c27-22(28)2-1-7-26-24(30)21(35-25(26)34)11-14-3-5-17-16(10-14)13-20(33-17)23(29)15-4-6-18-19(12-15)32-9-8-31-18/h3-6,10-13H,1-2,7-9H2,(H,27,28)/b21-11-. The highest BCUT2D eigenvalue weighted by Crippen LogP contribution is 2.34. The molecular formula is C25H19NO7S2. The molecule has 2 aliphatic rings. The third-order valence-corrected chi connectivity index (χ3v) is 6.89. The SMILES string of the molecule is O=C(O)CCCN1C(=O)/C(=C/c2ccc3oc(C(=O)c4ccc5c(c4)OCCO5)cc3c2)SC1=S. The minimum atomic E-state index is -0.911. The van der Waals surface area contributed by atoms with Crippen molar-refractivity contribution in [1.29, 1.82) is 0 Å². The van der Waals surface area contributed by atoms with Crippen molar-refractivity contribution >= 4 is 63.0 Å². The maximum absolute atomic E-state index is 13.0. The van der Waals surface area contributed by atoms with Crippen LogP contribution in [0.4, 0.5) is 0 Å². The second-order valence-corrected chi connectivity index (χ2v) is 9.60. The average molecular weight is 510 g/mol. The third-order valence-electron chi connectivity index (χ3n) is 5.51. The van der Waals surface area contributed by atoms with E-state index in [9.17, 15) is 14.4 Å². The molecule has 0 saturated carbocycles. The quantitative estimate of drug-likeness (QED) is 0.280. The minimum Gasteiger partial charge on any atom is -0.486 e. The summed E-state index contributed by atoms with van der Waals surface area (Å²) in [5, 5.41) is 9.53. The van der Waals surface area contributed by atoms with E-state index in [-0.39, 0.29) is 30.4 Å². The molecule has 2 aliphatic heterocycles. The van der Waals surface area contributed by atoms with Gasteiger partial charge in [-0.1, -0.05) is 30.0 Å². The summed E-state index contributed by atoms with van der Waals surface area (Å²) in [7, 11) is 0. The van der Waals surface area contributed by atoms with Crippen LogP contribution in [0, 0.1) is 0 Å². The van der Waals surface area contributed by atoms with Crippen molar-refractivity contribution in [1.82, 2.24) is 4.90 Å². The number of thioether (sulfide) groups is 1. The second-order valence-electron chi connectivity index (χ2n) is 7.93. The highest BCUT2D eigenvalue weighted by Gasteiger charge is 2.31. The lowest BCUT2D eigenvalue weighted by molar-refractivity contribution is -0.137. The Morgan fingerprint density at radius 2 is 1.89 bits per heavy atom. The number of carboxylic acids is 1. The number of rotatable bonds is 7. The van der Waals surface area contributed by atoms with Gasteiger partial charge < -0.3 is 19.0 Å². The Kier molecular flexibility index (Phi) is 6.31. The van der Waals surface area contributed by atoms with Crippen molar-refractivity contribution in [2.24, 2.45) is 0 Å². The van der Waals surface area contributed by atoms with Gasteiger partial charge in [0.15, 0.2) is 17.3 Å². The number of ketones is 1. The molecule has 0 aliphatic carbocycles. The molecule has 3 heterocycles. The fraction of sp³-hybridized carbons (Fsp3) is 0.200. The molecular weight excluding hydrogens is 490 g/mol. The third kappa shape index (κ3) is 4.80. The van der Waals surface area contributed by atoms with E-state index in [1.54, 1.807) is 42.5 Å². The lowest BCUT2D eigenvalue weighted by Gasteiger charge is -2.18. The predicted molar refractivity (Wildman–Crippen MR) is 134 cm³/mol. The van der Waals surface area contributed by atoms with Crippen molar-refractivity contribution in [2.45, 2.75) is 12.8 Å². The molecule has 178 valence electrons. The lowest BCUT2D eigenvalue weighted by Crippen LogP contribution is -2.29. The number of aliphatic carboxylic acids is 1. The Morgan fingerprint density at radius 3 is 2.69 bits per heavy atom. The molecule has 35 heavy (non-hydrogen) atoms. The van der Waals surface area contributed by atoms with Gasteiger partial charge in [0, 0.05) is 23.9 Å². The van der Waals surface area contributed by atoms with Gasteiger partial charge in [0.25, 0.3) is 5.91 Å². The number of nitrogens with zero attached hydrogens (tertiary/aromatic N) is 1. The maximum atomic E-state index is 13.0. The topological polar surface area (TPSA) is 106 Å². The molecule has 0 atom stereocenters. The van der Waals surface area contributed by atoms with Crippen LogP contribution in [0.1, 0.15) is 34.5 Å². The van der Waals surface area contributed by atoms with Crippen LogP contribution in [-0.2, 0) is 9.59 Å². The van der Waals surface area contributed by atoms with Crippen molar-refractivity contribution < 1.29 is 33.4 Å². The number of benzene rings is 2. The van der Waals surface area contributed by atoms with Gasteiger partial charge >= 0.3 is 5.97 Å². The fourth-order valence-electron chi connectivity index (χ4n) is 3.82. The number of ether oxygens (including phenoxy) is 2. The Hall–Kier alpha value is -3.63. The number of carbonyl (C=O) groups excluding carboxylic acids is 2. The number of carboxylic acid groups (broad SMARTS) is 1. The molecule has 0 bridgehead atoms. The number of hydrogen-bond acceptors (Lipinski definition) is 8. The molecule has 10 heteroatoms. The Morgan fingerprint density at radius 1 is 1.09 bits per heavy atom. The van der Waals surface area contributed by atoms with E-state index in [0.29, 0.717) is 51.5 Å². The van der Waals surface area contributed by atoms with Gasteiger partial charge in [0.05, 0.1) is 4.91 Å². The highest BCUT2D eigenvalue weighted by atomic mass is 32.2. The first-order valence-corrected chi connectivity index (χ1v) is 12.1. The molecule has 1 fully saturated rings. The van der Waals surface area contributed by atoms with Crippen LogP contribution in [0.25, 0.3) is 17.0 Å². The van der Waals surface area contributed by atoms with Gasteiger partial charge in [0.2, 0.25) is 5.78 Å². The van der Waals surface area contributed by atoms with Crippen LogP contribution in [0.2, 0.25) is 0 Å². The van der Waals surface area contributed by atoms with Crippen molar-refractivity contribution in [3.63, 3.8) is 0 Å². The van der Waals surface area contributed by atoms with Crippen LogP contribution in [0.5, 0.6) is 11.5 Å². The summed E-state index contributed by atoms with van der Waals surface area (Å²) < 4.78 is 17.3. The number of amides is 1. The van der Waals surface area contributed by atoms with Crippen LogP contribution in [0.15, 0.2) is 51.8 Å². The average Bonchev–Trinajstić information content (AvgIpc) is 3.39. The highest BCUT2D eigenvalue weighted by molar-refractivity contribution is 8.26. The molecule has 1 aromatic heterocycles. The number of furan rings is 1. The number of hydrogen-bond donors (Lipinski definition) is 1. The fourth-order valence-corrected chi connectivity index (χ4v) is 5.13. The molecule has 5 rings (SSSR count). The van der Waals surface area contributed by atoms with Crippen LogP contribution < -0.4 is 9.47 Å². The summed E-state index contributed by atoms with van der Waals surface area (Å²) >= 11 is 6.47. The van der Waals surface area contributed by atoms with Crippen LogP contribution in [0.3, 0.4) is 0 Å². The summed E-state index contributed by atoms with van der Waals surface area (Å²) in [5.74, 6) is -0.103. The van der Waals surface area contributed by atoms with E-state index in [2.05, 4.69) is 0 Å². The van der Waals surface area contributed by atoms with E-state index < -0.39 is 5.97 Å². The largest absolute Gasteiger partial charge is 0.486 e. The van der Waals surface area contributed by atoms with E-state index in [1.807, 2.05) is 6.07 Å². The monoisotopic (exact) mass is 509 g/mol. The van der Waals surface area contributed by atoms with E-state index in [4.69, 9.17) is 31.2 Å². The molecule has 2 aromatic carbocycles. The molecule has 8 nitrogen and oxygen atoms in total. The Labute approximate surface area is 209 Å². The van der Waals surface area contributed by atoms with E-state index in [0.717, 1.165) is 10.9 Å². The summed E-state index contributed by atoms with van der Waals surface area (Å²) in [6, 6.07) is 12.1. The van der Waals surface area contributed by atoms with Crippen molar-refractivity contribution in [3.05, 3.63) is 64.3 Å². The van der Waals surface area contributed by atoms with Crippen molar-refractivity contribution in [3.8, 4) is 11.5 Å². The van der Waals surface area contributed by atoms with Gasteiger partial charge in [-0.05, 0) is 54.5 Å². The van der Waals surface area contributed by atoms with E-state index in [1.165, 1.54) is 16.7 Å². The summed E-state index contributed by atoms with van der Waals surface area (Å²) in [5.41, 5.74) is 1.73. The van der Waals surface area contributed by atoms with Crippen LogP contribution >= 0.6 is 24.0 Å². The zero-order valence-corrected chi connectivity index (χ0v) is 19.9. The molecule has 0 unspecified atom stereocenters. The molecule has 1 amide bonds. The minimum absolute atomic E-state index is 0.0272. The number of carbonyl (C=O) groups is 3. The van der Waals surface area contributed by atoms with Gasteiger partial charge in [-0.2, -0.15) is 0 Å². The first-order chi connectivity index (χ1) is 16.9. The summed E-state index contributed by atoms with van der Waals surface area (Å²) in [6.07, 6.45) is 2.03. The van der Waals surface area contributed by atoms with Gasteiger partial charge in [-0.3, -0.25) is 19.3 Å².